The number of aliphatic carboxylic acids is 2. The smallest absolute Gasteiger partial charge is 0.326 e. The number of nitrogens with one attached hydrogen (secondary N) is 4. The number of carboxylic acid groups (broad SMARTS) is 2. The summed E-state index contributed by atoms with van der Waals surface area (Å²) in [6, 6.07) is 4.57. The Bertz CT molecular complexity index is 1350. The lowest BCUT2D eigenvalue weighted by atomic mass is 10.0. The number of rotatable bonds is 13. The summed E-state index contributed by atoms with van der Waals surface area (Å²) in [6.07, 6.45) is 0.317. The number of nitrogens with zero attached hydrogens (tertiary/aromatic N) is 2. The highest BCUT2D eigenvalue weighted by atomic mass is 16.5. The Hall–Kier alpha value is -4.86. The van der Waals surface area contributed by atoms with Crippen molar-refractivity contribution in [1.29, 1.82) is 0 Å². The molecule has 16 nitrogen and oxygen atoms in total. The third-order valence-corrected chi connectivity index (χ3v) is 7.07. The van der Waals surface area contributed by atoms with E-state index in [9.17, 15) is 29.1 Å². The first-order chi connectivity index (χ1) is 20.8. The molecule has 0 saturated heterocycles. The van der Waals surface area contributed by atoms with Gasteiger partial charge in [0.1, 0.15) is 17.8 Å². The second-order valence-electron chi connectivity index (χ2n) is 10.2. The van der Waals surface area contributed by atoms with Crippen molar-refractivity contribution in [1.82, 2.24) is 15.3 Å². The Morgan fingerprint density at radius 2 is 1.84 bits per heavy atom. The number of carbonyl (C=O) groups excluding carboxylic acids is 2. The van der Waals surface area contributed by atoms with Crippen molar-refractivity contribution in [2.45, 2.75) is 58.2 Å². The molecule has 2 heterocycles. The van der Waals surface area contributed by atoms with Gasteiger partial charge in [0.15, 0.2) is 5.82 Å². The number of ether oxygens (including phenoxy) is 1. The molecule has 44 heavy (non-hydrogen) atoms. The van der Waals surface area contributed by atoms with Crippen LogP contribution < -0.4 is 37.9 Å². The summed E-state index contributed by atoms with van der Waals surface area (Å²) in [7, 11) is 1.79. The lowest BCUT2D eigenvalue weighted by Gasteiger charge is -2.35. The average Bonchev–Trinajstić information content (AvgIpc) is 2.98. The molecule has 242 valence electrons. The number of likely N-dealkylation sites (N-methyl/N-ethyl adjacent to an activating group) is 1. The van der Waals surface area contributed by atoms with Gasteiger partial charge in [-0.15, -0.1) is 0 Å². The molecule has 10 N–H and O–H groups in total. The van der Waals surface area contributed by atoms with Gasteiger partial charge in [0, 0.05) is 37.8 Å². The van der Waals surface area contributed by atoms with Crippen molar-refractivity contribution >= 4 is 47.0 Å². The maximum Gasteiger partial charge on any atom is 0.326 e. The van der Waals surface area contributed by atoms with Crippen LogP contribution in [0.5, 0.6) is 0 Å². The monoisotopic (exact) mass is 618 g/mol. The van der Waals surface area contributed by atoms with Crippen molar-refractivity contribution < 1.29 is 34.1 Å². The first kappa shape index (κ1) is 35.3. The Morgan fingerprint density at radius 3 is 2.41 bits per heavy atom. The fraction of sp³-hybridized carbons (Fsp3) is 0.500. The van der Waals surface area contributed by atoms with E-state index in [2.05, 4.69) is 25.9 Å². The highest BCUT2D eigenvalue weighted by Gasteiger charge is 2.27. The van der Waals surface area contributed by atoms with Crippen molar-refractivity contribution in [3.05, 3.63) is 40.2 Å². The molecule has 1 amide bonds. The molecule has 16 heteroatoms. The lowest BCUT2D eigenvalue weighted by Crippen LogP contribution is -2.48. The summed E-state index contributed by atoms with van der Waals surface area (Å²) in [6.45, 7) is 7.14. The molecule has 4 atom stereocenters. The predicted octanol–water partition coefficient (Wildman–Crippen LogP) is 0.665. The number of hydrogen-bond donors (Lipinski definition) is 8. The number of esters is 1. The Kier molecular flexibility index (Phi) is 13.4. The summed E-state index contributed by atoms with van der Waals surface area (Å²) in [5, 5.41) is 26.6. The van der Waals surface area contributed by atoms with E-state index in [1.807, 2.05) is 18.7 Å². The quantitative estimate of drug-likeness (QED) is 0.144. The number of H-pyrrole nitrogens is 1. The maximum atomic E-state index is 12.3. The zero-order valence-electron chi connectivity index (χ0n) is 25.3. The zero-order valence-corrected chi connectivity index (χ0v) is 25.3. The van der Waals surface area contributed by atoms with E-state index in [-0.39, 0.29) is 47.8 Å². The van der Waals surface area contributed by atoms with E-state index < -0.39 is 29.9 Å². The average molecular weight is 619 g/mol. The van der Waals surface area contributed by atoms with Crippen LogP contribution in [-0.4, -0.2) is 88.9 Å². The Labute approximate surface area is 254 Å². The lowest BCUT2D eigenvalue weighted by molar-refractivity contribution is -0.146. The normalized spacial score (nSPS) is 15.7. The number of aromatic amines is 1. The predicted molar refractivity (Wildman–Crippen MR) is 165 cm³/mol. The summed E-state index contributed by atoms with van der Waals surface area (Å²) in [5.41, 5.74) is 12.2. The van der Waals surface area contributed by atoms with Crippen LogP contribution in [-0.2, 0) is 19.1 Å². The third kappa shape index (κ3) is 10.1. The fourth-order valence-electron chi connectivity index (χ4n) is 4.14. The number of nitrogen functional groups attached to an aromatic ring is 1. The highest BCUT2D eigenvalue weighted by molar-refractivity contribution is 5.97. The third-order valence-electron chi connectivity index (χ3n) is 7.07. The van der Waals surface area contributed by atoms with Crippen LogP contribution in [0.4, 0.5) is 23.1 Å². The number of nitrogens with two attached hydrogens (primary N) is 2. The molecular weight excluding hydrogens is 576 g/mol. The van der Waals surface area contributed by atoms with Gasteiger partial charge < -0.3 is 47.3 Å². The SMILES string of the molecule is CCOC(=O)[C@@H](N)[C@@H](C)CC.CN1c2c(nc(N)[nH]c2=O)NC[C@@H]1CNc1ccc(C(=O)N[C@@H](CCC(=O)O)C(=O)O)cc1. The van der Waals surface area contributed by atoms with Gasteiger partial charge in [-0.2, -0.15) is 4.98 Å². The molecule has 0 bridgehead atoms. The van der Waals surface area contributed by atoms with Gasteiger partial charge in [-0.05, 0) is 43.5 Å². The van der Waals surface area contributed by atoms with Crippen LogP contribution in [0.25, 0.3) is 0 Å². The highest BCUT2D eigenvalue weighted by Crippen LogP contribution is 2.25. The number of anilines is 4. The van der Waals surface area contributed by atoms with E-state index in [0.717, 1.165) is 12.1 Å². The van der Waals surface area contributed by atoms with Gasteiger partial charge in [-0.1, -0.05) is 20.3 Å². The fourth-order valence-corrected chi connectivity index (χ4v) is 4.14. The van der Waals surface area contributed by atoms with Gasteiger partial charge in [-0.25, -0.2) is 4.79 Å². The number of amides is 1. The number of hydrogen-bond acceptors (Lipinski definition) is 12. The molecule has 1 aliphatic rings. The molecule has 1 aromatic heterocycles. The van der Waals surface area contributed by atoms with Crippen molar-refractivity contribution in [2.75, 3.05) is 48.0 Å². The number of carboxylic acids is 2. The van der Waals surface area contributed by atoms with E-state index >= 15 is 0 Å². The van der Waals surface area contributed by atoms with Crippen LogP contribution in [0.2, 0.25) is 0 Å². The Morgan fingerprint density at radius 1 is 1.18 bits per heavy atom. The topological polar surface area (TPSA) is 255 Å². The van der Waals surface area contributed by atoms with Crippen LogP contribution in [0, 0.1) is 5.92 Å². The van der Waals surface area contributed by atoms with Crippen molar-refractivity contribution in [2.24, 2.45) is 11.7 Å². The van der Waals surface area contributed by atoms with Gasteiger partial charge in [-0.3, -0.25) is 24.2 Å². The standard InChI is InChI=1S/C20H25N7O6.C8H17NO2/c1-27-12(9-23-16-15(27)18(31)26-20(21)25-16)8-22-11-4-2-10(3-5-11)17(30)24-13(19(32)33)6-7-14(28)29;1-4-6(3)7(9)8(10)11-5-2/h2-5,12-13,22H,6-9H2,1H3,(H,24,30)(H,28,29)(H,32,33)(H4,21,23,25,26,31);6-7H,4-5,9H2,1-3H3/t12-,13-;6-,7-/m00/s1. The molecule has 0 aliphatic carbocycles. The van der Waals surface area contributed by atoms with E-state index in [1.165, 1.54) is 12.1 Å². The van der Waals surface area contributed by atoms with E-state index in [4.69, 9.17) is 21.3 Å². The summed E-state index contributed by atoms with van der Waals surface area (Å²) >= 11 is 0. The molecular formula is C28H42N8O8. The number of benzene rings is 1. The number of fused-ring (bicyclic) bond motifs is 1. The minimum absolute atomic E-state index is 0.0388. The first-order valence-electron chi connectivity index (χ1n) is 14.2. The van der Waals surface area contributed by atoms with Crippen molar-refractivity contribution in [3.63, 3.8) is 0 Å². The minimum Gasteiger partial charge on any atom is -0.481 e. The molecule has 0 spiro atoms. The second kappa shape index (κ2) is 16.7. The molecule has 0 saturated carbocycles. The first-order valence-corrected chi connectivity index (χ1v) is 14.2. The number of carbonyl (C=O) groups is 4. The van der Waals surface area contributed by atoms with Crippen LogP contribution >= 0.6 is 0 Å². The van der Waals surface area contributed by atoms with Gasteiger partial charge in [0.25, 0.3) is 11.5 Å². The summed E-state index contributed by atoms with van der Waals surface area (Å²) < 4.78 is 4.76. The largest absolute Gasteiger partial charge is 0.481 e. The molecule has 1 aromatic carbocycles. The molecule has 0 fully saturated rings. The minimum atomic E-state index is -1.30. The van der Waals surface area contributed by atoms with Gasteiger partial charge >= 0.3 is 17.9 Å². The molecule has 1 aliphatic heterocycles. The van der Waals surface area contributed by atoms with Gasteiger partial charge in [0.2, 0.25) is 5.95 Å². The maximum absolute atomic E-state index is 12.3. The zero-order chi connectivity index (χ0) is 33.0. The molecule has 0 unspecified atom stereocenters. The van der Waals surface area contributed by atoms with E-state index in [1.54, 1.807) is 26.1 Å². The summed E-state index contributed by atoms with van der Waals surface area (Å²) in [4.78, 5) is 65.9. The molecule has 2 aromatic rings. The molecule has 3 rings (SSSR count). The van der Waals surface area contributed by atoms with Crippen LogP contribution in [0.1, 0.15) is 50.4 Å². The van der Waals surface area contributed by atoms with Gasteiger partial charge in [0.05, 0.1) is 12.6 Å². The van der Waals surface area contributed by atoms with Crippen molar-refractivity contribution in [3.8, 4) is 0 Å². The number of aromatic nitrogens is 2. The van der Waals surface area contributed by atoms with Crippen LogP contribution in [0.3, 0.4) is 0 Å². The Balaban J connectivity index is 0.000000523. The van der Waals surface area contributed by atoms with Crippen LogP contribution in [0.15, 0.2) is 29.1 Å². The van der Waals surface area contributed by atoms with E-state index in [0.29, 0.717) is 31.2 Å². The molecule has 0 radical (unpaired) electrons. The summed E-state index contributed by atoms with van der Waals surface area (Å²) in [5.74, 6) is -2.68. The second-order valence-corrected chi connectivity index (χ2v) is 10.2.